The zero-order valence-corrected chi connectivity index (χ0v) is 35.6. The van der Waals surface area contributed by atoms with Gasteiger partial charge in [-0.05, 0) is 134 Å². The number of para-hydroxylation sites is 1. The number of ether oxygens (including phenoxy) is 1. The molecule has 10 aromatic carbocycles. The third kappa shape index (κ3) is 5.79. The Labute approximate surface area is 369 Å². The number of nitrogens with zero attached hydrogens (tertiary/aromatic N) is 1. The van der Waals surface area contributed by atoms with Crippen molar-refractivity contribution in [3.05, 3.63) is 257 Å². The van der Waals surface area contributed by atoms with E-state index in [0.717, 1.165) is 39.7 Å². The van der Waals surface area contributed by atoms with Gasteiger partial charge >= 0.3 is 0 Å². The molecule has 0 bridgehead atoms. The molecule has 2 nitrogen and oxygen atoms in total. The van der Waals surface area contributed by atoms with Crippen LogP contribution in [0.1, 0.15) is 52.8 Å². The van der Waals surface area contributed by atoms with Crippen LogP contribution in [0.4, 0.5) is 17.1 Å². The molecule has 1 heterocycles. The topological polar surface area (TPSA) is 12.5 Å². The molecule has 12 rings (SSSR count). The second kappa shape index (κ2) is 14.2. The summed E-state index contributed by atoms with van der Waals surface area (Å²) < 4.78 is 6.90. The number of aryl methyl sites for hydroxylation is 1. The summed E-state index contributed by atoms with van der Waals surface area (Å²) in [5, 5.41) is 4.79. The quantitative estimate of drug-likeness (QED) is 0.166. The summed E-state index contributed by atoms with van der Waals surface area (Å²) in [6.45, 7) is 6.87. The molecule has 1 aliphatic heterocycles. The lowest BCUT2D eigenvalue weighted by atomic mass is 9.63. The highest BCUT2D eigenvalue weighted by Crippen LogP contribution is 2.57. The van der Waals surface area contributed by atoms with Crippen molar-refractivity contribution in [2.24, 2.45) is 0 Å². The zero-order valence-electron chi connectivity index (χ0n) is 35.6. The van der Waals surface area contributed by atoms with Gasteiger partial charge in [-0.25, -0.2) is 0 Å². The maximum atomic E-state index is 6.90. The number of anilines is 3. The van der Waals surface area contributed by atoms with Crippen molar-refractivity contribution in [3.63, 3.8) is 0 Å². The van der Waals surface area contributed by atoms with Gasteiger partial charge in [-0.1, -0.05) is 177 Å². The van der Waals surface area contributed by atoms with Crippen LogP contribution in [0.3, 0.4) is 0 Å². The summed E-state index contributed by atoms with van der Waals surface area (Å²) >= 11 is 0. The van der Waals surface area contributed by atoms with Crippen LogP contribution in [0.15, 0.2) is 218 Å². The highest BCUT2D eigenvalue weighted by molar-refractivity contribution is 5.91. The molecule has 63 heavy (non-hydrogen) atoms. The Morgan fingerprint density at radius 1 is 0.365 bits per heavy atom. The largest absolute Gasteiger partial charge is 0.457 e. The second-order valence-electron chi connectivity index (χ2n) is 17.8. The lowest BCUT2D eigenvalue weighted by Crippen LogP contribution is -2.34. The molecule has 0 saturated carbocycles. The third-order valence-electron chi connectivity index (χ3n) is 13.8. The van der Waals surface area contributed by atoms with Crippen LogP contribution in [0.5, 0.6) is 11.5 Å². The molecule has 0 radical (unpaired) electrons. The van der Waals surface area contributed by atoms with Crippen molar-refractivity contribution < 1.29 is 4.74 Å². The van der Waals surface area contributed by atoms with Gasteiger partial charge in [0.05, 0.1) is 5.41 Å². The average molecular weight is 808 g/mol. The van der Waals surface area contributed by atoms with Crippen molar-refractivity contribution in [1.82, 2.24) is 0 Å². The predicted octanol–water partition coefficient (Wildman–Crippen LogP) is 16.2. The van der Waals surface area contributed by atoms with Gasteiger partial charge in [0.15, 0.2) is 0 Å². The molecular weight excluding hydrogens is 763 g/mol. The molecule has 0 spiro atoms. The fourth-order valence-electron chi connectivity index (χ4n) is 10.7. The number of rotatable bonds is 6. The molecule has 0 aromatic heterocycles. The summed E-state index contributed by atoms with van der Waals surface area (Å²) in [5.74, 6) is 1.75. The first-order chi connectivity index (χ1) is 30.9. The van der Waals surface area contributed by atoms with E-state index < -0.39 is 5.41 Å². The van der Waals surface area contributed by atoms with E-state index in [0.29, 0.717) is 0 Å². The Morgan fingerprint density at radius 3 is 1.78 bits per heavy atom. The van der Waals surface area contributed by atoms with Crippen LogP contribution in [-0.2, 0) is 10.8 Å². The predicted molar refractivity (Wildman–Crippen MR) is 262 cm³/mol. The molecule has 300 valence electrons. The van der Waals surface area contributed by atoms with E-state index in [2.05, 4.69) is 244 Å². The third-order valence-corrected chi connectivity index (χ3v) is 13.8. The van der Waals surface area contributed by atoms with Crippen LogP contribution in [-0.4, -0.2) is 0 Å². The minimum absolute atomic E-state index is 0.131. The van der Waals surface area contributed by atoms with Gasteiger partial charge in [-0.3, -0.25) is 0 Å². The highest BCUT2D eigenvalue weighted by atomic mass is 16.5. The zero-order chi connectivity index (χ0) is 42.3. The van der Waals surface area contributed by atoms with Crippen LogP contribution in [0.2, 0.25) is 0 Å². The van der Waals surface area contributed by atoms with E-state index in [1.165, 1.54) is 71.6 Å². The first-order valence-electron chi connectivity index (χ1n) is 22.0. The molecule has 1 unspecified atom stereocenters. The SMILES string of the molecule is Cc1ccc2cc3c(cc2c1)Oc1ccccc1C3(c1ccc(N(c2ccc(-c3ccccc3)cc2)c2ccc3c(c2)C(C)(C)c2ccccc2-3)cc1)c1ccc2ccccc2c1. The van der Waals surface area contributed by atoms with Crippen molar-refractivity contribution in [3.8, 4) is 33.8 Å². The van der Waals surface area contributed by atoms with Gasteiger partial charge in [-0.15, -0.1) is 0 Å². The molecule has 1 aliphatic carbocycles. The molecule has 2 aliphatic rings. The number of fused-ring (bicyclic) bond motifs is 7. The summed E-state index contributed by atoms with van der Waals surface area (Å²) in [6, 6.07) is 80.5. The fraction of sp³-hybridized carbons (Fsp3) is 0.0820. The Bertz CT molecular complexity index is 3400. The van der Waals surface area contributed by atoms with Crippen molar-refractivity contribution >= 4 is 38.6 Å². The summed E-state index contributed by atoms with van der Waals surface area (Å²) in [7, 11) is 0. The van der Waals surface area contributed by atoms with Crippen molar-refractivity contribution in [2.45, 2.75) is 31.6 Å². The van der Waals surface area contributed by atoms with Crippen LogP contribution in [0, 0.1) is 6.92 Å². The highest BCUT2D eigenvalue weighted by Gasteiger charge is 2.46. The summed E-state index contributed by atoms with van der Waals surface area (Å²) in [6.07, 6.45) is 0. The second-order valence-corrected chi connectivity index (χ2v) is 17.8. The monoisotopic (exact) mass is 807 g/mol. The summed E-state index contributed by atoms with van der Waals surface area (Å²) in [5.41, 5.74) is 16.1. The molecular formula is C61H45NO. The summed E-state index contributed by atoms with van der Waals surface area (Å²) in [4.78, 5) is 2.42. The number of hydrogen-bond donors (Lipinski definition) is 0. The van der Waals surface area contributed by atoms with Gasteiger partial charge in [0, 0.05) is 33.6 Å². The van der Waals surface area contributed by atoms with E-state index in [1.54, 1.807) is 0 Å². The van der Waals surface area contributed by atoms with Crippen molar-refractivity contribution in [2.75, 3.05) is 4.90 Å². The first kappa shape index (κ1) is 37.1. The van der Waals surface area contributed by atoms with Gasteiger partial charge < -0.3 is 9.64 Å². The normalized spacial score (nSPS) is 15.5. The molecule has 0 fully saturated rings. The maximum Gasteiger partial charge on any atom is 0.132 e. The van der Waals surface area contributed by atoms with Crippen molar-refractivity contribution in [1.29, 1.82) is 0 Å². The van der Waals surface area contributed by atoms with E-state index in [-0.39, 0.29) is 5.41 Å². The number of benzene rings is 10. The average Bonchev–Trinajstić information content (AvgIpc) is 3.56. The lowest BCUT2D eigenvalue weighted by Gasteiger charge is -2.42. The smallest absolute Gasteiger partial charge is 0.132 e. The minimum Gasteiger partial charge on any atom is -0.457 e. The van der Waals surface area contributed by atoms with Gasteiger partial charge in [0.25, 0.3) is 0 Å². The maximum absolute atomic E-state index is 6.90. The van der Waals surface area contributed by atoms with E-state index in [4.69, 9.17) is 4.74 Å². The van der Waals surface area contributed by atoms with Crippen LogP contribution >= 0.6 is 0 Å². The minimum atomic E-state index is -0.683. The van der Waals surface area contributed by atoms with Gasteiger partial charge in [0.1, 0.15) is 11.5 Å². The molecule has 2 heteroatoms. The van der Waals surface area contributed by atoms with E-state index >= 15 is 0 Å². The first-order valence-corrected chi connectivity index (χ1v) is 22.0. The molecule has 1 atom stereocenters. The Balaban J connectivity index is 1.07. The van der Waals surface area contributed by atoms with Crippen LogP contribution in [0.25, 0.3) is 43.8 Å². The standard InChI is InChI=1S/C61H45NO/c1-40-21-22-45-37-57-59(38-46(45)35-40)63-58-20-12-11-19-55(58)61(57,48-26-23-42-15-7-8-16-44(42)36-48)47-27-31-50(32-28-47)62(49-29-24-43(25-30-49)41-13-5-4-6-14-41)51-33-34-53-52-17-9-10-18-54(52)60(2,3)56(53)39-51/h4-39H,1-3H3. The Hall–Kier alpha value is -7.68. The Kier molecular flexibility index (Phi) is 8.36. The van der Waals surface area contributed by atoms with Gasteiger partial charge in [0.2, 0.25) is 0 Å². The lowest BCUT2D eigenvalue weighted by molar-refractivity contribution is 0.435. The fourth-order valence-corrected chi connectivity index (χ4v) is 10.7. The van der Waals surface area contributed by atoms with E-state index in [9.17, 15) is 0 Å². The Morgan fingerprint density at radius 2 is 0.968 bits per heavy atom. The van der Waals surface area contributed by atoms with Crippen LogP contribution < -0.4 is 9.64 Å². The van der Waals surface area contributed by atoms with E-state index in [1.807, 2.05) is 0 Å². The molecule has 0 saturated heterocycles. The molecule has 0 N–H and O–H groups in total. The number of hydrogen-bond acceptors (Lipinski definition) is 2. The molecule has 10 aromatic rings. The van der Waals surface area contributed by atoms with Gasteiger partial charge in [-0.2, -0.15) is 0 Å². The molecule has 0 amide bonds.